The predicted octanol–water partition coefficient (Wildman–Crippen LogP) is 2.93. The summed E-state index contributed by atoms with van der Waals surface area (Å²) in [6, 6.07) is 8.73. The number of carbonyl (C=O) groups is 1. The fraction of sp³-hybridized carbons (Fsp3) is 0.500. The van der Waals surface area contributed by atoms with Gasteiger partial charge in [-0.1, -0.05) is 26.0 Å². The molecule has 0 saturated carbocycles. The zero-order chi connectivity index (χ0) is 18.7. The summed E-state index contributed by atoms with van der Waals surface area (Å²) in [5, 5.41) is 4.26. The average Bonchev–Trinajstić information content (AvgIpc) is 2.93. The zero-order valence-electron chi connectivity index (χ0n) is 15.7. The molecule has 0 bridgehead atoms. The van der Waals surface area contributed by atoms with Crippen LogP contribution in [-0.4, -0.2) is 51.2 Å². The second kappa shape index (κ2) is 7.99. The Morgan fingerprint density at radius 1 is 1.23 bits per heavy atom. The summed E-state index contributed by atoms with van der Waals surface area (Å²) in [6.07, 6.45) is 2.72. The van der Waals surface area contributed by atoms with E-state index in [1.54, 1.807) is 16.9 Å². The lowest BCUT2D eigenvalue weighted by atomic mass is 10.0. The number of rotatable bonds is 4. The number of aromatic nitrogens is 2. The molecule has 0 N–H and O–H groups in total. The van der Waals surface area contributed by atoms with Gasteiger partial charge < -0.3 is 4.90 Å². The van der Waals surface area contributed by atoms with Crippen molar-refractivity contribution in [3.05, 3.63) is 53.6 Å². The first-order valence-electron chi connectivity index (χ1n) is 9.21. The van der Waals surface area contributed by atoms with Gasteiger partial charge >= 0.3 is 0 Å². The number of hydrogen-bond acceptors (Lipinski definition) is 3. The van der Waals surface area contributed by atoms with E-state index in [2.05, 4.69) is 23.8 Å². The van der Waals surface area contributed by atoms with E-state index in [4.69, 9.17) is 0 Å². The number of hydrogen-bond donors (Lipinski definition) is 0. The maximum absolute atomic E-state index is 13.2. The van der Waals surface area contributed by atoms with E-state index in [-0.39, 0.29) is 17.8 Å². The van der Waals surface area contributed by atoms with Gasteiger partial charge in [0.2, 0.25) is 0 Å². The second-order valence-electron chi connectivity index (χ2n) is 7.39. The molecule has 1 amide bonds. The molecule has 2 aromatic rings. The van der Waals surface area contributed by atoms with Crippen molar-refractivity contribution < 1.29 is 9.18 Å². The topological polar surface area (TPSA) is 41.4 Å². The van der Waals surface area contributed by atoms with E-state index in [9.17, 15) is 9.18 Å². The van der Waals surface area contributed by atoms with E-state index in [1.165, 1.54) is 12.1 Å². The van der Waals surface area contributed by atoms with Gasteiger partial charge in [-0.3, -0.25) is 14.4 Å². The zero-order valence-corrected chi connectivity index (χ0v) is 15.7. The summed E-state index contributed by atoms with van der Waals surface area (Å²) < 4.78 is 14.8. The molecule has 1 atom stereocenters. The highest BCUT2D eigenvalue weighted by molar-refractivity contribution is 5.92. The van der Waals surface area contributed by atoms with Crippen molar-refractivity contribution in [2.45, 2.75) is 32.9 Å². The third kappa shape index (κ3) is 4.30. The normalized spacial score (nSPS) is 19.0. The molecular weight excluding hydrogens is 331 g/mol. The number of amides is 1. The highest BCUT2D eigenvalue weighted by Crippen LogP contribution is 2.21. The molecule has 5 nitrogen and oxygen atoms in total. The van der Waals surface area contributed by atoms with Crippen LogP contribution in [0.1, 0.15) is 36.3 Å². The molecule has 1 aliphatic rings. The minimum Gasteiger partial charge on any atom is -0.336 e. The molecule has 0 spiro atoms. The Bertz CT molecular complexity index is 741. The molecule has 3 rings (SSSR count). The molecule has 1 saturated heterocycles. The summed E-state index contributed by atoms with van der Waals surface area (Å²) in [7, 11) is 1.82. The van der Waals surface area contributed by atoms with Crippen molar-refractivity contribution in [1.82, 2.24) is 19.6 Å². The second-order valence-corrected chi connectivity index (χ2v) is 7.39. The number of benzene rings is 1. The van der Waals surface area contributed by atoms with Crippen LogP contribution in [-0.2, 0) is 13.6 Å². The van der Waals surface area contributed by atoms with Gasteiger partial charge in [-0.25, -0.2) is 4.39 Å². The van der Waals surface area contributed by atoms with Crippen LogP contribution in [0.15, 0.2) is 36.5 Å². The quantitative estimate of drug-likeness (QED) is 0.844. The summed E-state index contributed by atoms with van der Waals surface area (Å²) in [4.78, 5) is 17.2. The maximum Gasteiger partial charge on any atom is 0.274 e. The Kier molecular flexibility index (Phi) is 5.71. The van der Waals surface area contributed by atoms with Gasteiger partial charge in [0.05, 0.1) is 0 Å². The highest BCUT2D eigenvalue weighted by atomic mass is 19.1. The third-order valence-electron chi connectivity index (χ3n) is 5.04. The lowest BCUT2D eigenvalue weighted by Gasteiger charge is -2.34. The number of aryl methyl sites for hydroxylation is 1. The fourth-order valence-corrected chi connectivity index (χ4v) is 3.59. The Balaban J connectivity index is 1.74. The number of carbonyl (C=O) groups excluding carboxylic acids is 1. The predicted molar refractivity (Wildman–Crippen MR) is 99.2 cm³/mol. The standard InChI is InChI=1S/C20H27FN4O/c1-15(2)19-14-25(20(26)18-9-12-23(3)22-18)11-4-10-24(19)13-16-5-7-17(21)8-6-16/h5-9,12,15,19H,4,10-11,13-14H2,1-3H3. The van der Waals surface area contributed by atoms with Gasteiger partial charge in [0.1, 0.15) is 11.5 Å². The molecule has 6 heteroatoms. The summed E-state index contributed by atoms with van der Waals surface area (Å²) in [6.45, 7) is 7.50. The molecule has 1 aromatic carbocycles. The first-order chi connectivity index (χ1) is 12.4. The minimum absolute atomic E-state index is 0.000109. The Labute approximate surface area is 154 Å². The van der Waals surface area contributed by atoms with Gasteiger partial charge in [-0.15, -0.1) is 0 Å². The van der Waals surface area contributed by atoms with Crippen LogP contribution in [0.2, 0.25) is 0 Å². The molecule has 2 heterocycles. The van der Waals surface area contributed by atoms with E-state index < -0.39 is 0 Å². The van der Waals surface area contributed by atoms with E-state index in [1.807, 2.05) is 24.1 Å². The maximum atomic E-state index is 13.2. The van der Waals surface area contributed by atoms with Gasteiger partial charge in [0.15, 0.2) is 0 Å². The van der Waals surface area contributed by atoms with Gasteiger partial charge in [-0.2, -0.15) is 5.10 Å². The Morgan fingerprint density at radius 2 is 1.96 bits per heavy atom. The molecule has 1 unspecified atom stereocenters. The smallest absolute Gasteiger partial charge is 0.274 e. The lowest BCUT2D eigenvalue weighted by Crippen LogP contribution is -2.45. The molecule has 140 valence electrons. The molecule has 1 aromatic heterocycles. The molecule has 1 aliphatic heterocycles. The summed E-state index contributed by atoms with van der Waals surface area (Å²) in [5.74, 6) is 0.199. The van der Waals surface area contributed by atoms with Gasteiger partial charge in [0.25, 0.3) is 5.91 Å². The monoisotopic (exact) mass is 358 g/mol. The lowest BCUT2D eigenvalue weighted by molar-refractivity contribution is 0.0696. The summed E-state index contributed by atoms with van der Waals surface area (Å²) in [5.41, 5.74) is 1.60. The van der Waals surface area contributed by atoms with Crippen LogP contribution in [0.3, 0.4) is 0 Å². The number of nitrogens with zero attached hydrogens (tertiary/aromatic N) is 4. The summed E-state index contributed by atoms with van der Waals surface area (Å²) >= 11 is 0. The van der Waals surface area contributed by atoms with Crippen LogP contribution >= 0.6 is 0 Å². The van der Waals surface area contributed by atoms with Crippen LogP contribution in [0.5, 0.6) is 0 Å². The van der Waals surface area contributed by atoms with Crippen molar-refractivity contribution in [3.8, 4) is 0 Å². The Hall–Kier alpha value is -2.21. The molecule has 1 fully saturated rings. The average molecular weight is 358 g/mol. The Morgan fingerprint density at radius 3 is 2.58 bits per heavy atom. The minimum atomic E-state index is -0.211. The van der Waals surface area contributed by atoms with E-state index in [0.29, 0.717) is 18.2 Å². The fourth-order valence-electron chi connectivity index (χ4n) is 3.59. The van der Waals surface area contributed by atoms with Crippen molar-refractivity contribution in [2.24, 2.45) is 13.0 Å². The van der Waals surface area contributed by atoms with Crippen molar-refractivity contribution in [1.29, 1.82) is 0 Å². The molecule has 0 aliphatic carbocycles. The first-order valence-corrected chi connectivity index (χ1v) is 9.21. The molecule has 26 heavy (non-hydrogen) atoms. The van der Waals surface area contributed by atoms with Crippen molar-refractivity contribution in [2.75, 3.05) is 19.6 Å². The van der Waals surface area contributed by atoms with Crippen LogP contribution < -0.4 is 0 Å². The highest BCUT2D eigenvalue weighted by Gasteiger charge is 2.30. The van der Waals surface area contributed by atoms with Crippen LogP contribution in [0, 0.1) is 11.7 Å². The van der Waals surface area contributed by atoms with Gasteiger partial charge in [-0.05, 0) is 36.1 Å². The number of halogens is 1. The largest absolute Gasteiger partial charge is 0.336 e. The van der Waals surface area contributed by atoms with Crippen LogP contribution in [0.4, 0.5) is 4.39 Å². The van der Waals surface area contributed by atoms with Gasteiger partial charge in [0, 0.05) is 45.5 Å². The van der Waals surface area contributed by atoms with E-state index in [0.717, 1.165) is 31.6 Å². The van der Waals surface area contributed by atoms with E-state index >= 15 is 0 Å². The van der Waals surface area contributed by atoms with Crippen molar-refractivity contribution >= 4 is 5.91 Å². The first kappa shape index (κ1) is 18.6. The van der Waals surface area contributed by atoms with Crippen molar-refractivity contribution in [3.63, 3.8) is 0 Å². The molecule has 0 radical (unpaired) electrons. The van der Waals surface area contributed by atoms with Crippen LogP contribution in [0.25, 0.3) is 0 Å². The SMILES string of the molecule is CC(C)C1CN(C(=O)c2ccn(C)n2)CCCN1Cc1ccc(F)cc1. The molecular formula is C20H27FN4O. The third-order valence-corrected chi connectivity index (χ3v) is 5.04.